The Morgan fingerprint density at radius 1 is 1.27 bits per heavy atom. The Bertz CT molecular complexity index is 150. The fourth-order valence-electron chi connectivity index (χ4n) is 0.837. The van der Waals surface area contributed by atoms with E-state index in [2.05, 4.69) is 32.6 Å². The molecule has 0 aromatic rings. The SMILES string of the molecule is CC#CCC(O)C(C)C(C)C. The number of hydrogen-bond donors (Lipinski definition) is 1. The number of aliphatic hydroxyl groups is 1. The molecule has 0 aliphatic carbocycles. The maximum atomic E-state index is 9.52. The molecular formula is C10H18O. The van der Waals surface area contributed by atoms with E-state index < -0.39 is 0 Å². The Labute approximate surface area is 69.8 Å². The van der Waals surface area contributed by atoms with Gasteiger partial charge in [0.15, 0.2) is 0 Å². The van der Waals surface area contributed by atoms with Crippen molar-refractivity contribution in [1.29, 1.82) is 0 Å². The lowest BCUT2D eigenvalue weighted by molar-refractivity contribution is 0.0964. The second-order valence-electron chi connectivity index (χ2n) is 3.30. The predicted octanol–water partition coefficient (Wildman–Crippen LogP) is 2.05. The summed E-state index contributed by atoms with van der Waals surface area (Å²) in [5.41, 5.74) is 0. The first-order valence-electron chi connectivity index (χ1n) is 4.17. The van der Waals surface area contributed by atoms with Gasteiger partial charge in [0, 0.05) is 6.42 Å². The lowest BCUT2D eigenvalue weighted by Gasteiger charge is -2.19. The second-order valence-corrected chi connectivity index (χ2v) is 3.30. The van der Waals surface area contributed by atoms with Gasteiger partial charge < -0.3 is 5.11 Å². The predicted molar refractivity (Wildman–Crippen MR) is 48.1 cm³/mol. The molecule has 0 aliphatic rings. The molecule has 0 radical (unpaired) electrons. The van der Waals surface area contributed by atoms with Gasteiger partial charge in [-0.1, -0.05) is 20.8 Å². The highest BCUT2D eigenvalue weighted by Crippen LogP contribution is 2.15. The molecule has 0 fully saturated rings. The van der Waals surface area contributed by atoms with Gasteiger partial charge >= 0.3 is 0 Å². The van der Waals surface area contributed by atoms with Gasteiger partial charge in [0.05, 0.1) is 6.10 Å². The summed E-state index contributed by atoms with van der Waals surface area (Å²) in [6.07, 6.45) is 0.345. The van der Waals surface area contributed by atoms with Crippen molar-refractivity contribution in [2.75, 3.05) is 0 Å². The summed E-state index contributed by atoms with van der Waals surface area (Å²) < 4.78 is 0. The molecule has 11 heavy (non-hydrogen) atoms. The monoisotopic (exact) mass is 154 g/mol. The molecule has 0 saturated carbocycles. The van der Waals surface area contributed by atoms with Crippen molar-refractivity contribution < 1.29 is 5.11 Å². The molecule has 0 aromatic carbocycles. The van der Waals surface area contributed by atoms with Crippen LogP contribution in [0, 0.1) is 23.7 Å². The van der Waals surface area contributed by atoms with Crippen LogP contribution in [0.25, 0.3) is 0 Å². The molecular weight excluding hydrogens is 136 g/mol. The minimum absolute atomic E-state index is 0.262. The van der Waals surface area contributed by atoms with Crippen molar-refractivity contribution in [3.8, 4) is 11.8 Å². The molecule has 2 unspecified atom stereocenters. The van der Waals surface area contributed by atoms with Gasteiger partial charge in [0.2, 0.25) is 0 Å². The van der Waals surface area contributed by atoms with Crippen molar-refractivity contribution in [3.63, 3.8) is 0 Å². The first kappa shape index (κ1) is 10.5. The Morgan fingerprint density at radius 2 is 1.82 bits per heavy atom. The lowest BCUT2D eigenvalue weighted by atomic mass is 9.91. The zero-order valence-electron chi connectivity index (χ0n) is 7.89. The van der Waals surface area contributed by atoms with E-state index in [0.29, 0.717) is 18.3 Å². The third-order valence-electron chi connectivity index (χ3n) is 2.15. The molecule has 2 atom stereocenters. The van der Waals surface area contributed by atoms with Gasteiger partial charge in [-0.3, -0.25) is 0 Å². The number of aliphatic hydroxyl groups excluding tert-OH is 1. The van der Waals surface area contributed by atoms with Crippen LogP contribution in [-0.2, 0) is 0 Å². The van der Waals surface area contributed by atoms with E-state index in [-0.39, 0.29) is 6.10 Å². The second kappa shape index (κ2) is 5.21. The minimum Gasteiger partial charge on any atom is -0.392 e. The molecule has 1 heteroatoms. The summed E-state index contributed by atoms with van der Waals surface area (Å²) in [7, 11) is 0. The van der Waals surface area contributed by atoms with Crippen molar-refractivity contribution in [2.24, 2.45) is 11.8 Å². The summed E-state index contributed by atoms with van der Waals surface area (Å²) >= 11 is 0. The zero-order valence-corrected chi connectivity index (χ0v) is 7.89. The summed E-state index contributed by atoms with van der Waals surface area (Å²) in [4.78, 5) is 0. The third-order valence-corrected chi connectivity index (χ3v) is 2.15. The quantitative estimate of drug-likeness (QED) is 0.617. The number of hydrogen-bond acceptors (Lipinski definition) is 1. The van der Waals surface area contributed by atoms with Gasteiger partial charge in [-0.15, -0.1) is 11.8 Å². The van der Waals surface area contributed by atoms with Crippen LogP contribution in [0.1, 0.15) is 34.1 Å². The minimum atomic E-state index is -0.262. The van der Waals surface area contributed by atoms with Crippen molar-refractivity contribution in [2.45, 2.75) is 40.2 Å². The summed E-state index contributed by atoms with van der Waals surface area (Å²) in [6.45, 7) is 8.10. The van der Waals surface area contributed by atoms with Gasteiger partial charge in [-0.05, 0) is 18.8 Å². The molecule has 0 rings (SSSR count). The van der Waals surface area contributed by atoms with E-state index >= 15 is 0 Å². The van der Waals surface area contributed by atoms with Crippen LogP contribution in [0.2, 0.25) is 0 Å². The Morgan fingerprint density at radius 3 is 2.18 bits per heavy atom. The van der Waals surface area contributed by atoms with Crippen LogP contribution >= 0.6 is 0 Å². The van der Waals surface area contributed by atoms with Crippen LogP contribution in [-0.4, -0.2) is 11.2 Å². The Balaban J connectivity index is 3.78. The number of rotatable bonds is 3. The van der Waals surface area contributed by atoms with E-state index in [9.17, 15) is 5.11 Å². The van der Waals surface area contributed by atoms with Crippen LogP contribution in [0.3, 0.4) is 0 Å². The summed E-state index contributed by atoms with van der Waals surface area (Å²) in [6, 6.07) is 0. The molecule has 0 spiro atoms. The molecule has 0 amide bonds. The largest absolute Gasteiger partial charge is 0.392 e. The normalized spacial score (nSPS) is 15.5. The molecule has 1 N–H and O–H groups in total. The van der Waals surface area contributed by atoms with Crippen LogP contribution in [0.4, 0.5) is 0 Å². The summed E-state index contributed by atoms with van der Waals surface area (Å²) in [5.74, 6) is 6.54. The molecule has 64 valence electrons. The topological polar surface area (TPSA) is 20.2 Å². The smallest absolute Gasteiger partial charge is 0.0677 e. The van der Waals surface area contributed by atoms with E-state index in [1.165, 1.54) is 0 Å². The molecule has 1 nitrogen and oxygen atoms in total. The van der Waals surface area contributed by atoms with E-state index in [1.54, 1.807) is 6.92 Å². The average molecular weight is 154 g/mol. The van der Waals surface area contributed by atoms with Crippen LogP contribution < -0.4 is 0 Å². The van der Waals surface area contributed by atoms with Gasteiger partial charge in [-0.25, -0.2) is 0 Å². The highest BCUT2D eigenvalue weighted by atomic mass is 16.3. The lowest BCUT2D eigenvalue weighted by Crippen LogP contribution is -2.21. The molecule has 0 saturated heterocycles. The zero-order chi connectivity index (χ0) is 8.85. The molecule has 0 bridgehead atoms. The molecule has 0 aromatic heterocycles. The van der Waals surface area contributed by atoms with E-state index in [0.717, 1.165) is 0 Å². The highest BCUT2D eigenvalue weighted by Gasteiger charge is 2.15. The van der Waals surface area contributed by atoms with Crippen LogP contribution in [0.15, 0.2) is 0 Å². The van der Waals surface area contributed by atoms with Crippen LogP contribution in [0.5, 0.6) is 0 Å². The maximum Gasteiger partial charge on any atom is 0.0677 e. The van der Waals surface area contributed by atoms with Gasteiger partial charge in [0.1, 0.15) is 0 Å². The fourth-order valence-corrected chi connectivity index (χ4v) is 0.837. The van der Waals surface area contributed by atoms with Gasteiger partial charge in [0.25, 0.3) is 0 Å². The van der Waals surface area contributed by atoms with E-state index in [1.807, 2.05) is 0 Å². The third kappa shape index (κ3) is 4.06. The highest BCUT2D eigenvalue weighted by molar-refractivity contribution is 4.97. The molecule has 0 heterocycles. The fraction of sp³-hybridized carbons (Fsp3) is 0.800. The molecule has 0 aliphatic heterocycles. The first-order valence-corrected chi connectivity index (χ1v) is 4.17. The van der Waals surface area contributed by atoms with Gasteiger partial charge in [-0.2, -0.15) is 0 Å². The average Bonchev–Trinajstić information content (AvgIpc) is 1.98. The summed E-state index contributed by atoms with van der Waals surface area (Å²) in [5, 5.41) is 9.52. The van der Waals surface area contributed by atoms with Crippen molar-refractivity contribution >= 4 is 0 Å². The standard InChI is InChI=1S/C10H18O/c1-5-6-7-10(11)9(4)8(2)3/h8-11H,7H2,1-4H3. The van der Waals surface area contributed by atoms with E-state index in [4.69, 9.17) is 0 Å². The van der Waals surface area contributed by atoms with Crippen molar-refractivity contribution in [1.82, 2.24) is 0 Å². The Hall–Kier alpha value is -0.480. The maximum absolute atomic E-state index is 9.52. The van der Waals surface area contributed by atoms with Crippen molar-refractivity contribution in [3.05, 3.63) is 0 Å². The first-order chi connectivity index (χ1) is 5.09. The Kier molecular flexibility index (Phi) is 4.98.